The van der Waals surface area contributed by atoms with E-state index in [9.17, 15) is 0 Å². The molecule has 0 atom stereocenters. The third-order valence-corrected chi connectivity index (χ3v) is 3.86. The van der Waals surface area contributed by atoms with E-state index in [-0.39, 0.29) is 48.9 Å². The molecule has 0 spiro atoms. The molecule has 4 aromatic rings. The summed E-state index contributed by atoms with van der Waals surface area (Å²) in [6.07, 6.45) is 0. The van der Waals surface area contributed by atoms with Crippen LogP contribution in [0.25, 0.3) is 33.9 Å². The minimum atomic E-state index is 0. The number of rotatable bonds is 3. The second-order valence-electron chi connectivity index (χ2n) is 5.41. The van der Waals surface area contributed by atoms with Crippen LogP contribution < -0.4 is 0 Å². The van der Waals surface area contributed by atoms with Crippen molar-refractivity contribution in [3.8, 4) is 33.9 Å². The Labute approximate surface area is 182 Å². The second-order valence-corrected chi connectivity index (χ2v) is 5.41. The van der Waals surface area contributed by atoms with E-state index >= 15 is 0 Å². The third-order valence-electron chi connectivity index (χ3n) is 3.86. The maximum atomic E-state index is 4.87. The van der Waals surface area contributed by atoms with Crippen molar-refractivity contribution in [3.63, 3.8) is 0 Å². The molecule has 24 heavy (non-hydrogen) atoms. The molecule has 0 amide bonds. The van der Waals surface area contributed by atoms with Crippen LogP contribution in [0.15, 0.2) is 91.0 Å². The first kappa shape index (κ1) is 17.3. The fraction of sp³-hybridized carbons (Fsp3) is 0. The second kappa shape index (κ2) is 8.01. The molecular weight excluding hydrogens is 418 g/mol. The molecule has 0 radical (unpaired) electrons. The molecule has 0 unspecified atom stereocenters. The van der Waals surface area contributed by atoms with Crippen molar-refractivity contribution >= 4 is 48.9 Å². The average molecular weight is 436 g/mol. The molecular formula is C21H18BaN2. The smallest absolute Gasteiger partial charge is 0.138 e. The van der Waals surface area contributed by atoms with Crippen molar-refractivity contribution in [3.05, 3.63) is 91.0 Å². The average Bonchev–Trinajstić information content (AvgIpc) is 3.09. The predicted molar refractivity (Wildman–Crippen MR) is 103 cm³/mol. The normalized spacial score (nSPS) is 10.2. The van der Waals surface area contributed by atoms with Crippen LogP contribution in [0.3, 0.4) is 0 Å². The molecule has 114 valence electrons. The molecule has 2 nitrogen and oxygen atoms in total. The Balaban J connectivity index is 0.00000169. The molecule has 1 N–H and O–H groups in total. The van der Waals surface area contributed by atoms with Crippen LogP contribution in [0.2, 0.25) is 0 Å². The minimum absolute atomic E-state index is 0. The molecule has 3 aromatic carbocycles. The number of nitrogens with one attached hydrogen (secondary N) is 1. The van der Waals surface area contributed by atoms with Gasteiger partial charge in [0.1, 0.15) is 5.82 Å². The summed E-state index contributed by atoms with van der Waals surface area (Å²) in [5, 5.41) is 0. The van der Waals surface area contributed by atoms with E-state index in [0.717, 1.165) is 33.9 Å². The van der Waals surface area contributed by atoms with Gasteiger partial charge >= 0.3 is 48.9 Å². The van der Waals surface area contributed by atoms with Gasteiger partial charge in [-0.05, 0) is 0 Å². The van der Waals surface area contributed by atoms with Gasteiger partial charge in [0, 0.05) is 16.7 Å². The summed E-state index contributed by atoms with van der Waals surface area (Å²) < 4.78 is 0. The number of H-pyrrole nitrogens is 1. The summed E-state index contributed by atoms with van der Waals surface area (Å²) in [5.74, 6) is 0.892. The van der Waals surface area contributed by atoms with E-state index in [2.05, 4.69) is 41.4 Å². The van der Waals surface area contributed by atoms with Crippen molar-refractivity contribution in [2.24, 2.45) is 0 Å². The molecule has 0 fully saturated rings. The van der Waals surface area contributed by atoms with Gasteiger partial charge in [0.05, 0.1) is 11.4 Å². The van der Waals surface area contributed by atoms with Crippen LogP contribution in [0.4, 0.5) is 0 Å². The van der Waals surface area contributed by atoms with Gasteiger partial charge in [-0.25, -0.2) is 4.98 Å². The number of benzene rings is 3. The zero-order valence-corrected chi connectivity index (χ0v) is 12.6. The van der Waals surface area contributed by atoms with E-state index in [1.165, 1.54) is 0 Å². The van der Waals surface area contributed by atoms with Gasteiger partial charge in [-0.3, -0.25) is 0 Å². The van der Waals surface area contributed by atoms with Gasteiger partial charge in [0.25, 0.3) is 0 Å². The number of aromatic amines is 1. The maximum absolute atomic E-state index is 4.87. The van der Waals surface area contributed by atoms with E-state index < -0.39 is 0 Å². The van der Waals surface area contributed by atoms with E-state index in [0.29, 0.717) is 0 Å². The SMILES string of the molecule is [BaH2].c1ccc(-c2nc(-c3ccccc3)c(-c3ccccc3)[nH]2)cc1. The summed E-state index contributed by atoms with van der Waals surface area (Å²) in [6.45, 7) is 0. The molecule has 0 bridgehead atoms. The van der Waals surface area contributed by atoms with Gasteiger partial charge in [-0.2, -0.15) is 0 Å². The largest absolute Gasteiger partial charge is 0.337 e. The fourth-order valence-corrected chi connectivity index (χ4v) is 2.72. The topological polar surface area (TPSA) is 28.7 Å². The standard InChI is InChI=1S/C21H16N2.Ba.2H/c1-4-10-16(11-5-1)19-20(17-12-6-2-7-13-17)23-21(22-19)18-14-8-3-9-15-18;;;/h1-15H,(H,22,23);;;. The van der Waals surface area contributed by atoms with E-state index in [4.69, 9.17) is 4.98 Å². The molecule has 0 saturated carbocycles. The molecule has 0 aliphatic heterocycles. The monoisotopic (exact) mass is 436 g/mol. The summed E-state index contributed by atoms with van der Waals surface area (Å²) in [6, 6.07) is 30.9. The van der Waals surface area contributed by atoms with Crippen LogP contribution in [-0.2, 0) is 0 Å². The van der Waals surface area contributed by atoms with E-state index in [1.54, 1.807) is 0 Å². The maximum Gasteiger partial charge on any atom is 0.138 e. The summed E-state index contributed by atoms with van der Waals surface area (Å²) >= 11 is 0. The predicted octanol–water partition coefficient (Wildman–Crippen LogP) is 4.49. The fourth-order valence-electron chi connectivity index (χ4n) is 2.72. The van der Waals surface area contributed by atoms with Crippen molar-refractivity contribution in [1.82, 2.24) is 9.97 Å². The number of nitrogens with zero attached hydrogens (tertiary/aromatic N) is 1. The Morgan fingerprint density at radius 1 is 0.542 bits per heavy atom. The Hall–Kier alpha value is -1.56. The molecule has 0 aliphatic rings. The first-order valence-electron chi connectivity index (χ1n) is 7.68. The van der Waals surface area contributed by atoms with Crippen LogP contribution in [-0.4, -0.2) is 58.8 Å². The van der Waals surface area contributed by atoms with E-state index in [1.807, 2.05) is 54.6 Å². The van der Waals surface area contributed by atoms with Gasteiger partial charge in [-0.1, -0.05) is 91.0 Å². The Morgan fingerprint density at radius 2 is 1.00 bits per heavy atom. The van der Waals surface area contributed by atoms with Crippen LogP contribution in [0, 0.1) is 0 Å². The van der Waals surface area contributed by atoms with Gasteiger partial charge in [0.15, 0.2) is 0 Å². The number of hydrogen-bond donors (Lipinski definition) is 1. The van der Waals surface area contributed by atoms with Gasteiger partial charge in [-0.15, -0.1) is 0 Å². The molecule has 3 heteroatoms. The van der Waals surface area contributed by atoms with Crippen molar-refractivity contribution < 1.29 is 0 Å². The third kappa shape index (κ3) is 3.58. The number of hydrogen-bond acceptors (Lipinski definition) is 1. The summed E-state index contributed by atoms with van der Waals surface area (Å²) in [5.41, 5.74) is 5.38. The molecule has 4 rings (SSSR count). The minimum Gasteiger partial charge on any atom is -0.337 e. The first-order chi connectivity index (χ1) is 11.4. The molecule has 0 aliphatic carbocycles. The number of aromatic nitrogens is 2. The summed E-state index contributed by atoms with van der Waals surface area (Å²) in [7, 11) is 0. The van der Waals surface area contributed by atoms with Gasteiger partial charge < -0.3 is 4.98 Å². The molecule has 0 saturated heterocycles. The van der Waals surface area contributed by atoms with Crippen molar-refractivity contribution in [2.45, 2.75) is 0 Å². The zero-order chi connectivity index (χ0) is 15.5. The Kier molecular flexibility index (Phi) is 5.77. The van der Waals surface area contributed by atoms with Crippen LogP contribution >= 0.6 is 0 Å². The summed E-state index contributed by atoms with van der Waals surface area (Å²) in [4.78, 5) is 8.37. The van der Waals surface area contributed by atoms with Crippen molar-refractivity contribution in [2.75, 3.05) is 0 Å². The van der Waals surface area contributed by atoms with Crippen molar-refractivity contribution in [1.29, 1.82) is 0 Å². The number of imidazole rings is 1. The molecule has 1 heterocycles. The van der Waals surface area contributed by atoms with Crippen LogP contribution in [0.5, 0.6) is 0 Å². The molecule has 1 aromatic heterocycles. The van der Waals surface area contributed by atoms with Crippen LogP contribution in [0.1, 0.15) is 0 Å². The Morgan fingerprint density at radius 3 is 1.54 bits per heavy atom. The Bertz CT molecular complexity index is 844. The van der Waals surface area contributed by atoms with Gasteiger partial charge in [0.2, 0.25) is 0 Å². The first-order valence-corrected chi connectivity index (χ1v) is 7.68. The quantitative estimate of drug-likeness (QED) is 0.472. The zero-order valence-electron chi connectivity index (χ0n) is 12.6.